The maximum absolute atomic E-state index is 13.2. The Hall–Kier alpha value is -2.51. The van der Waals surface area contributed by atoms with Crippen molar-refractivity contribution in [2.45, 2.75) is 0 Å². The van der Waals surface area contributed by atoms with E-state index in [1.54, 1.807) is 0 Å². The van der Waals surface area contributed by atoms with Gasteiger partial charge in [0.05, 0.1) is 5.02 Å². The number of hydrogen-bond acceptors (Lipinski definition) is 4. The van der Waals surface area contributed by atoms with E-state index in [9.17, 15) is 14.0 Å². The number of carbonyl (C=O) groups is 2. The van der Waals surface area contributed by atoms with Crippen LogP contribution in [-0.2, 0) is 0 Å². The molecule has 25 heavy (non-hydrogen) atoms. The van der Waals surface area contributed by atoms with Crippen LogP contribution in [0, 0.1) is 5.82 Å². The van der Waals surface area contributed by atoms with Gasteiger partial charge in [-0.3, -0.25) is 14.6 Å². The van der Waals surface area contributed by atoms with Crippen LogP contribution in [0.4, 0.5) is 10.1 Å². The van der Waals surface area contributed by atoms with Gasteiger partial charge in [0.1, 0.15) is 11.5 Å². The summed E-state index contributed by atoms with van der Waals surface area (Å²) in [6.45, 7) is 1.16. The van der Waals surface area contributed by atoms with Gasteiger partial charge >= 0.3 is 0 Å². The first-order chi connectivity index (χ1) is 11.9. The van der Waals surface area contributed by atoms with E-state index in [1.807, 2.05) is 19.0 Å². The van der Waals surface area contributed by atoms with Gasteiger partial charge in [-0.25, -0.2) is 4.39 Å². The van der Waals surface area contributed by atoms with Gasteiger partial charge in [-0.05, 0) is 44.4 Å². The molecular formula is C17H18ClFN4O2. The highest BCUT2D eigenvalue weighted by Crippen LogP contribution is 2.20. The second kappa shape index (κ2) is 8.55. The summed E-state index contributed by atoms with van der Waals surface area (Å²) >= 11 is 5.69. The van der Waals surface area contributed by atoms with E-state index < -0.39 is 11.7 Å². The van der Waals surface area contributed by atoms with E-state index in [-0.39, 0.29) is 22.2 Å². The Morgan fingerprint density at radius 1 is 1.20 bits per heavy atom. The number of likely N-dealkylation sites (N-methyl/N-ethyl adjacent to an activating group) is 1. The lowest BCUT2D eigenvalue weighted by Gasteiger charge is -2.10. The summed E-state index contributed by atoms with van der Waals surface area (Å²) in [4.78, 5) is 30.2. The number of benzene rings is 1. The third-order valence-electron chi connectivity index (χ3n) is 3.28. The highest BCUT2D eigenvalue weighted by molar-refractivity contribution is 6.31. The SMILES string of the molecule is CN(C)CCNC(=O)c1cc(C(=O)Nc2ccc(F)c(Cl)c2)ccn1. The van der Waals surface area contributed by atoms with Crippen LogP contribution in [0.1, 0.15) is 20.8 Å². The van der Waals surface area contributed by atoms with Crippen LogP contribution in [0.15, 0.2) is 36.5 Å². The second-order valence-electron chi connectivity index (χ2n) is 5.57. The number of anilines is 1. The zero-order chi connectivity index (χ0) is 18.4. The van der Waals surface area contributed by atoms with Crippen molar-refractivity contribution in [1.29, 1.82) is 0 Å². The molecule has 132 valence electrons. The largest absolute Gasteiger partial charge is 0.349 e. The Balaban J connectivity index is 2.05. The van der Waals surface area contributed by atoms with Crippen molar-refractivity contribution in [2.75, 3.05) is 32.5 Å². The van der Waals surface area contributed by atoms with E-state index in [2.05, 4.69) is 15.6 Å². The number of pyridine rings is 1. The van der Waals surface area contributed by atoms with E-state index in [1.165, 1.54) is 30.5 Å². The molecule has 1 heterocycles. The van der Waals surface area contributed by atoms with Gasteiger partial charge in [0.15, 0.2) is 0 Å². The maximum atomic E-state index is 13.2. The van der Waals surface area contributed by atoms with E-state index >= 15 is 0 Å². The molecule has 0 saturated heterocycles. The molecule has 2 N–H and O–H groups in total. The van der Waals surface area contributed by atoms with Crippen molar-refractivity contribution in [3.63, 3.8) is 0 Å². The topological polar surface area (TPSA) is 74.3 Å². The number of amides is 2. The molecule has 1 aromatic heterocycles. The van der Waals surface area contributed by atoms with Gasteiger partial charge < -0.3 is 15.5 Å². The fraction of sp³-hybridized carbons (Fsp3) is 0.235. The zero-order valence-electron chi connectivity index (χ0n) is 13.8. The van der Waals surface area contributed by atoms with Gasteiger partial charge in [0.2, 0.25) is 0 Å². The van der Waals surface area contributed by atoms with E-state index in [0.717, 1.165) is 6.07 Å². The summed E-state index contributed by atoms with van der Waals surface area (Å²) < 4.78 is 13.2. The van der Waals surface area contributed by atoms with E-state index in [4.69, 9.17) is 11.6 Å². The predicted octanol–water partition coefficient (Wildman–Crippen LogP) is 2.42. The summed E-state index contributed by atoms with van der Waals surface area (Å²) in [7, 11) is 3.80. The highest BCUT2D eigenvalue weighted by Gasteiger charge is 2.12. The zero-order valence-corrected chi connectivity index (χ0v) is 14.6. The minimum absolute atomic E-state index is 0.0894. The lowest BCUT2D eigenvalue weighted by atomic mass is 10.2. The maximum Gasteiger partial charge on any atom is 0.269 e. The molecule has 0 aliphatic rings. The van der Waals surface area contributed by atoms with Gasteiger partial charge in [-0.2, -0.15) is 0 Å². The first-order valence-corrected chi connectivity index (χ1v) is 7.90. The first kappa shape index (κ1) is 18.8. The number of hydrogen-bond donors (Lipinski definition) is 2. The quantitative estimate of drug-likeness (QED) is 0.825. The Kier molecular flexibility index (Phi) is 6.44. The molecule has 0 fully saturated rings. The summed E-state index contributed by atoms with van der Waals surface area (Å²) in [5.74, 6) is -1.38. The molecule has 0 aliphatic carbocycles. The summed E-state index contributed by atoms with van der Waals surface area (Å²) in [6, 6.07) is 6.75. The van der Waals surface area contributed by atoms with Crippen LogP contribution in [0.25, 0.3) is 0 Å². The standard InChI is InChI=1S/C17H18ClFN4O2/c1-23(2)8-7-21-17(25)15-9-11(5-6-20-15)16(24)22-12-3-4-14(19)13(18)10-12/h3-6,9-10H,7-8H2,1-2H3,(H,21,25)(H,22,24). The van der Waals surface area contributed by atoms with Crippen molar-refractivity contribution in [1.82, 2.24) is 15.2 Å². The predicted molar refractivity (Wildman–Crippen MR) is 94.5 cm³/mol. The molecule has 2 rings (SSSR count). The molecule has 2 amide bonds. The smallest absolute Gasteiger partial charge is 0.269 e. The third-order valence-corrected chi connectivity index (χ3v) is 3.57. The lowest BCUT2D eigenvalue weighted by molar-refractivity contribution is 0.0946. The van der Waals surface area contributed by atoms with Crippen molar-refractivity contribution >= 4 is 29.1 Å². The molecule has 0 saturated carbocycles. The van der Waals surface area contributed by atoms with E-state index in [0.29, 0.717) is 18.8 Å². The fourth-order valence-corrected chi connectivity index (χ4v) is 2.14. The summed E-state index contributed by atoms with van der Waals surface area (Å²) in [5, 5.41) is 5.23. The molecule has 0 bridgehead atoms. The third kappa shape index (κ3) is 5.51. The minimum atomic E-state index is -0.569. The Morgan fingerprint density at radius 3 is 2.64 bits per heavy atom. The number of nitrogens with one attached hydrogen (secondary N) is 2. The Morgan fingerprint density at radius 2 is 1.96 bits per heavy atom. The molecule has 0 aliphatic heterocycles. The van der Waals surface area contributed by atoms with Crippen LogP contribution in [0.3, 0.4) is 0 Å². The summed E-state index contributed by atoms with van der Waals surface area (Å²) in [5.41, 5.74) is 0.752. The molecule has 0 spiro atoms. The molecule has 0 unspecified atom stereocenters. The molecule has 8 heteroatoms. The van der Waals surface area contributed by atoms with Gasteiger partial charge in [0.25, 0.3) is 11.8 Å². The number of aromatic nitrogens is 1. The fourth-order valence-electron chi connectivity index (χ4n) is 1.96. The minimum Gasteiger partial charge on any atom is -0.349 e. The van der Waals surface area contributed by atoms with Crippen molar-refractivity contribution < 1.29 is 14.0 Å². The van der Waals surface area contributed by atoms with Crippen LogP contribution >= 0.6 is 11.6 Å². The molecule has 2 aromatic rings. The van der Waals surface area contributed by atoms with Gasteiger partial charge in [0, 0.05) is 30.5 Å². The van der Waals surface area contributed by atoms with Crippen LogP contribution in [0.2, 0.25) is 5.02 Å². The van der Waals surface area contributed by atoms with Gasteiger partial charge in [-0.1, -0.05) is 11.6 Å². The normalized spacial score (nSPS) is 10.6. The van der Waals surface area contributed by atoms with Crippen LogP contribution < -0.4 is 10.6 Å². The number of carbonyl (C=O) groups excluding carboxylic acids is 2. The second-order valence-corrected chi connectivity index (χ2v) is 5.98. The number of halogens is 2. The molecule has 6 nitrogen and oxygen atoms in total. The van der Waals surface area contributed by atoms with Gasteiger partial charge in [-0.15, -0.1) is 0 Å². The average Bonchev–Trinajstić information content (AvgIpc) is 2.58. The summed E-state index contributed by atoms with van der Waals surface area (Å²) in [6.07, 6.45) is 1.38. The van der Waals surface area contributed by atoms with Crippen LogP contribution in [-0.4, -0.2) is 48.9 Å². The van der Waals surface area contributed by atoms with Crippen molar-refractivity contribution in [3.8, 4) is 0 Å². The molecule has 0 atom stereocenters. The number of rotatable bonds is 6. The first-order valence-electron chi connectivity index (χ1n) is 7.52. The molecule has 0 radical (unpaired) electrons. The molecular weight excluding hydrogens is 347 g/mol. The van der Waals surface area contributed by atoms with Crippen LogP contribution in [0.5, 0.6) is 0 Å². The van der Waals surface area contributed by atoms with Crippen molar-refractivity contribution in [2.24, 2.45) is 0 Å². The monoisotopic (exact) mass is 364 g/mol. The Bertz CT molecular complexity index is 783. The number of nitrogens with zero attached hydrogens (tertiary/aromatic N) is 2. The van der Waals surface area contributed by atoms with Crippen molar-refractivity contribution in [3.05, 3.63) is 58.6 Å². The average molecular weight is 365 g/mol. The highest BCUT2D eigenvalue weighted by atomic mass is 35.5. The Labute approximate surface area is 150 Å². The lowest BCUT2D eigenvalue weighted by Crippen LogP contribution is -2.32. The molecule has 1 aromatic carbocycles.